The molecular weight excluding hydrogens is 246 g/mol. The average molecular weight is 265 g/mol. The van der Waals surface area contributed by atoms with Crippen LogP contribution < -0.4 is 15.4 Å². The first-order valence-corrected chi connectivity index (χ1v) is 6.44. The summed E-state index contributed by atoms with van der Waals surface area (Å²) in [6, 6.07) is 5.40. The standard InChI is InChI=1S/C13H19N3O3/c1-9-11(4-3-7-14-9)15-12-6-5-10(19-2)8-13(12)16(17)18/h5-6,8-9,11,14-15H,3-4,7H2,1-2H3. The van der Waals surface area contributed by atoms with E-state index in [0.717, 1.165) is 19.4 Å². The Bertz CT molecular complexity index is 464. The normalized spacial score (nSPS) is 22.8. The summed E-state index contributed by atoms with van der Waals surface area (Å²) in [5, 5.41) is 17.7. The van der Waals surface area contributed by atoms with Gasteiger partial charge in [-0.05, 0) is 38.4 Å². The molecule has 1 aliphatic rings. The molecule has 2 unspecified atom stereocenters. The van der Waals surface area contributed by atoms with E-state index in [1.54, 1.807) is 12.1 Å². The largest absolute Gasteiger partial charge is 0.496 e. The van der Waals surface area contributed by atoms with Gasteiger partial charge in [-0.2, -0.15) is 0 Å². The van der Waals surface area contributed by atoms with Crippen LogP contribution in [0.1, 0.15) is 19.8 Å². The van der Waals surface area contributed by atoms with E-state index in [1.165, 1.54) is 13.2 Å². The maximum absolute atomic E-state index is 11.1. The van der Waals surface area contributed by atoms with E-state index in [-0.39, 0.29) is 16.7 Å². The number of piperidine rings is 1. The predicted molar refractivity (Wildman–Crippen MR) is 73.8 cm³/mol. The summed E-state index contributed by atoms with van der Waals surface area (Å²) >= 11 is 0. The topological polar surface area (TPSA) is 76.4 Å². The van der Waals surface area contributed by atoms with Crippen molar-refractivity contribution in [2.24, 2.45) is 0 Å². The first kappa shape index (κ1) is 13.6. The number of nitro groups is 1. The summed E-state index contributed by atoms with van der Waals surface area (Å²) in [4.78, 5) is 10.7. The Morgan fingerprint density at radius 2 is 2.32 bits per heavy atom. The molecule has 2 N–H and O–H groups in total. The minimum Gasteiger partial charge on any atom is -0.496 e. The Kier molecular flexibility index (Phi) is 4.21. The third-order valence-corrected chi connectivity index (χ3v) is 3.50. The van der Waals surface area contributed by atoms with Crippen molar-refractivity contribution in [2.45, 2.75) is 31.8 Å². The predicted octanol–water partition coefficient (Wildman–Crippen LogP) is 2.16. The minimum atomic E-state index is -0.383. The first-order chi connectivity index (χ1) is 9.11. The maximum atomic E-state index is 11.1. The van der Waals surface area contributed by atoms with Crippen LogP contribution in [0.2, 0.25) is 0 Å². The lowest BCUT2D eigenvalue weighted by atomic mass is 9.99. The van der Waals surface area contributed by atoms with Crippen molar-refractivity contribution in [1.82, 2.24) is 5.32 Å². The summed E-state index contributed by atoms with van der Waals surface area (Å²) in [6.45, 7) is 3.09. The van der Waals surface area contributed by atoms with Crippen LogP contribution in [0.4, 0.5) is 11.4 Å². The van der Waals surface area contributed by atoms with Gasteiger partial charge in [0.25, 0.3) is 5.69 Å². The van der Waals surface area contributed by atoms with E-state index in [1.807, 2.05) is 0 Å². The quantitative estimate of drug-likeness (QED) is 0.644. The van der Waals surface area contributed by atoms with Crippen LogP contribution in [-0.4, -0.2) is 30.7 Å². The maximum Gasteiger partial charge on any atom is 0.296 e. The number of benzene rings is 1. The molecule has 0 amide bonds. The summed E-state index contributed by atoms with van der Waals surface area (Å²) in [5.74, 6) is 0.493. The summed E-state index contributed by atoms with van der Waals surface area (Å²) in [7, 11) is 1.50. The zero-order valence-corrected chi connectivity index (χ0v) is 11.2. The molecule has 1 aromatic carbocycles. The summed E-state index contributed by atoms with van der Waals surface area (Å²) in [6.07, 6.45) is 2.09. The number of rotatable bonds is 4. The molecule has 0 aromatic heterocycles. The molecule has 0 bridgehead atoms. The Morgan fingerprint density at radius 3 is 2.95 bits per heavy atom. The van der Waals surface area contributed by atoms with Gasteiger partial charge in [0.15, 0.2) is 0 Å². The van der Waals surface area contributed by atoms with Crippen molar-refractivity contribution in [3.05, 3.63) is 28.3 Å². The molecule has 6 heteroatoms. The Balaban J connectivity index is 2.21. The number of methoxy groups -OCH3 is 1. The molecule has 2 rings (SSSR count). The fourth-order valence-electron chi connectivity index (χ4n) is 2.35. The van der Waals surface area contributed by atoms with Gasteiger partial charge in [-0.15, -0.1) is 0 Å². The van der Waals surface area contributed by atoms with Crippen molar-refractivity contribution >= 4 is 11.4 Å². The van der Waals surface area contributed by atoms with Gasteiger partial charge in [-0.3, -0.25) is 10.1 Å². The van der Waals surface area contributed by atoms with Crippen LogP contribution in [0.15, 0.2) is 18.2 Å². The highest BCUT2D eigenvalue weighted by Gasteiger charge is 2.24. The van der Waals surface area contributed by atoms with Crippen molar-refractivity contribution in [2.75, 3.05) is 19.0 Å². The fourth-order valence-corrected chi connectivity index (χ4v) is 2.35. The van der Waals surface area contributed by atoms with Gasteiger partial charge in [-0.25, -0.2) is 0 Å². The molecule has 1 fully saturated rings. The fraction of sp³-hybridized carbons (Fsp3) is 0.538. The highest BCUT2D eigenvalue weighted by molar-refractivity contribution is 5.64. The van der Waals surface area contributed by atoms with Crippen LogP contribution in [-0.2, 0) is 0 Å². The molecule has 1 heterocycles. The number of ether oxygens (including phenoxy) is 1. The molecule has 0 saturated carbocycles. The average Bonchev–Trinajstić information content (AvgIpc) is 2.41. The van der Waals surface area contributed by atoms with Gasteiger partial charge in [0.2, 0.25) is 0 Å². The minimum absolute atomic E-state index is 0.0529. The van der Waals surface area contributed by atoms with E-state index >= 15 is 0 Å². The second-order valence-electron chi connectivity index (χ2n) is 4.78. The number of hydrogen-bond donors (Lipinski definition) is 2. The number of anilines is 1. The summed E-state index contributed by atoms with van der Waals surface area (Å²) in [5.41, 5.74) is 0.600. The lowest BCUT2D eigenvalue weighted by Gasteiger charge is -2.31. The highest BCUT2D eigenvalue weighted by atomic mass is 16.6. The molecule has 0 aliphatic carbocycles. The SMILES string of the molecule is COc1ccc(NC2CCCNC2C)c([N+](=O)[O-])c1. The van der Waals surface area contributed by atoms with Crippen molar-refractivity contribution in [3.8, 4) is 5.75 Å². The molecule has 2 atom stereocenters. The molecule has 19 heavy (non-hydrogen) atoms. The van der Waals surface area contributed by atoms with Crippen molar-refractivity contribution in [1.29, 1.82) is 0 Å². The zero-order chi connectivity index (χ0) is 13.8. The van der Waals surface area contributed by atoms with Gasteiger partial charge in [0.1, 0.15) is 11.4 Å². The van der Waals surface area contributed by atoms with Crippen LogP contribution in [0.25, 0.3) is 0 Å². The number of nitrogens with zero attached hydrogens (tertiary/aromatic N) is 1. The van der Waals surface area contributed by atoms with Crippen LogP contribution in [0.5, 0.6) is 5.75 Å². The van der Waals surface area contributed by atoms with E-state index in [0.29, 0.717) is 17.5 Å². The molecule has 1 saturated heterocycles. The molecule has 0 spiro atoms. The molecule has 6 nitrogen and oxygen atoms in total. The monoisotopic (exact) mass is 265 g/mol. The zero-order valence-electron chi connectivity index (χ0n) is 11.2. The number of hydrogen-bond acceptors (Lipinski definition) is 5. The second-order valence-corrected chi connectivity index (χ2v) is 4.78. The smallest absolute Gasteiger partial charge is 0.296 e. The van der Waals surface area contributed by atoms with Crippen molar-refractivity contribution < 1.29 is 9.66 Å². The summed E-state index contributed by atoms with van der Waals surface area (Å²) < 4.78 is 5.03. The highest BCUT2D eigenvalue weighted by Crippen LogP contribution is 2.30. The Labute approximate surface area is 112 Å². The number of nitro benzene ring substituents is 1. The van der Waals surface area contributed by atoms with Gasteiger partial charge in [-0.1, -0.05) is 0 Å². The lowest BCUT2D eigenvalue weighted by molar-refractivity contribution is -0.384. The van der Waals surface area contributed by atoms with E-state index in [9.17, 15) is 10.1 Å². The van der Waals surface area contributed by atoms with Gasteiger partial charge in [0, 0.05) is 12.1 Å². The lowest BCUT2D eigenvalue weighted by Crippen LogP contribution is -2.46. The molecule has 1 aromatic rings. The Morgan fingerprint density at radius 1 is 1.53 bits per heavy atom. The molecule has 0 radical (unpaired) electrons. The van der Waals surface area contributed by atoms with E-state index in [4.69, 9.17) is 4.74 Å². The van der Waals surface area contributed by atoms with Gasteiger partial charge < -0.3 is 15.4 Å². The molecule has 104 valence electrons. The number of nitrogens with one attached hydrogen (secondary N) is 2. The Hall–Kier alpha value is -1.82. The van der Waals surface area contributed by atoms with Crippen LogP contribution >= 0.6 is 0 Å². The van der Waals surface area contributed by atoms with E-state index < -0.39 is 0 Å². The third kappa shape index (κ3) is 3.14. The van der Waals surface area contributed by atoms with Crippen molar-refractivity contribution in [3.63, 3.8) is 0 Å². The van der Waals surface area contributed by atoms with Gasteiger partial charge >= 0.3 is 0 Å². The van der Waals surface area contributed by atoms with Crippen LogP contribution in [0.3, 0.4) is 0 Å². The molecular formula is C13H19N3O3. The third-order valence-electron chi connectivity index (χ3n) is 3.50. The van der Waals surface area contributed by atoms with Crippen LogP contribution in [0, 0.1) is 10.1 Å². The van der Waals surface area contributed by atoms with E-state index in [2.05, 4.69) is 17.6 Å². The molecule has 1 aliphatic heterocycles. The van der Waals surface area contributed by atoms with Gasteiger partial charge in [0.05, 0.1) is 18.1 Å². The first-order valence-electron chi connectivity index (χ1n) is 6.44. The second kappa shape index (κ2) is 5.88.